The number of hydrogen-bond donors (Lipinski definition) is 1. The zero-order valence-electron chi connectivity index (χ0n) is 15.7. The monoisotopic (exact) mass is 365 g/mol. The van der Waals surface area contributed by atoms with Crippen molar-refractivity contribution in [3.63, 3.8) is 0 Å². The molecule has 25 heavy (non-hydrogen) atoms. The Hall–Kier alpha value is -0.980. The lowest BCUT2D eigenvalue weighted by Gasteiger charge is -2.37. The minimum Gasteiger partial charge on any atom is -0.381 e. The molecule has 1 N–H and O–H groups in total. The molecule has 3 rings (SSSR count). The molecule has 5 nitrogen and oxygen atoms in total. The molecular weight excluding hydrogens is 334 g/mol. The van der Waals surface area contributed by atoms with E-state index in [1.807, 2.05) is 6.07 Å². The average molecular weight is 366 g/mol. The van der Waals surface area contributed by atoms with E-state index < -0.39 is 0 Å². The van der Waals surface area contributed by atoms with Crippen LogP contribution in [0, 0.1) is 5.92 Å². The summed E-state index contributed by atoms with van der Waals surface area (Å²) in [6.45, 7) is 10.2. The second-order valence-corrected chi connectivity index (χ2v) is 9.18. The third-order valence-corrected chi connectivity index (χ3v) is 5.98. The second kappa shape index (κ2) is 8.14. The van der Waals surface area contributed by atoms with Crippen molar-refractivity contribution in [2.24, 2.45) is 5.92 Å². The molecule has 140 valence electrons. The normalized spacial score (nSPS) is 23.6. The first-order valence-corrected chi connectivity index (χ1v) is 10.3. The van der Waals surface area contributed by atoms with Gasteiger partial charge in [0.1, 0.15) is 5.00 Å². The van der Waals surface area contributed by atoms with Crippen molar-refractivity contribution < 1.29 is 9.53 Å². The third-order valence-electron chi connectivity index (χ3n) is 5.27. The van der Waals surface area contributed by atoms with Crippen LogP contribution in [0.3, 0.4) is 0 Å². The highest BCUT2D eigenvalue weighted by Gasteiger charge is 2.31. The molecule has 0 aromatic carbocycles. The first-order valence-electron chi connectivity index (χ1n) is 9.53. The number of rotatable bonds is 4. The molecular formula is C19H31N3O2S. The predicted octanol–water partition coefficient (Wildman–Crippen LogP) is 3.66. The summed E-state index contributed by atoms with van der Waals surface area (Å²) in [5.41, 5.74) is 1.05. The standard InChI is InChI=1S/C19H31N3O2S/c1-19(2,3)16-12-17(25-21-16)20-18(23)15-6-4-5-9-22(15)13-14-7-10-24-11-8-14/h12,14-15H,4-11,13H2,1-3H3,(H,20,23). The summed E-state index contributed by atoms with van der Waals surface area (Å²) in [6, 6.07) is 2.02. The van der Waals surface area contributed by atoms with E-state index in [0.29, 0.717) is 5.92 Å². The Kier molecular flexibility index (Phi) is 6.12. The molecule has 3 heterocycles. The molecule has 2 saturated heterocycles. The van der Waals surface area contributed by atoms with E-state index in [1.165, 1.54) is 18.0 Å². The Balaban J connectivity index is 1.61. The zero-order chi connectivity index (χ0) is 17.9. The van der Waals surface area contributed by atoms with Crippen molar-refractivity contribution in [3.05, 3.63) is 11.8 Å². The number of hydrogen-bond acceptors (Lipinski definition) is 5. The Morgan fingerprint density at radius 2 is 2.08 bits per heavy atom. The number of carbonyl (C=O) groups excluding carboxylic acids is 1. The van der Waals surface area contributed by atoms with E-state index in [4.69, 9.17) is 4.74 Å². The van der Waals surface area contributed by atoms with Crippen LogP contribution in [-0.2, 0) is 14.9 Å². The molecule has 0 spiro atoms. The molecule has 1 atom stereocenters. The highest BCUT2D eigenvalue weighted by Crippen LogP contribution is 2.28. The van der Waals surface area contributed by atoms with Gasteiger partial charge in [-0.05, 0) is 55.7 Å². The Morgan fingerprint density at radius 3 is 2.76 bits per heavy atom. The lowest BCUT2D eigenvalue weighted by atomic mass is 9.92. The van der Waals surface area contributed by atoms with Crippen molar-refractivity contribution >= 4 is 22.4 Å². The molecule has 2 aliphatic rings. The van der Waals surface area contributed by atoms with Crippen molar-refractivity contribution in [2.45, 2.75) is 64.3 Å². The maximum atomic E-state index is 12.9. The first-order chi connectivity index (χ1) is 11.9. The fourth-order valence-electron chi connectivity index (χ4n) is 3.66. The van der Waals surface area contributed by atoms with Crippen LogP contribution in [0.15, 0.2) is 6.07 Å². The molecule has 0 aliphatic carbocycles. The Labute approximate surface area is 155 Å². The van der Waals surface area contributed by atoms with E-state index in [0.717, 1.165) is 62.7 Å². The molecule has 0 radical (unpaired) electrons. The minimum atomic E-state index is -0.00298. The maximum Gasteiger partial charge on any atom is 0.242 e. The summed E-state index contributed by atoms with van der Waals surface area (Å²) < 4.78 is 9.97. The lowest BCUT2D eigenvalue weighted by molar-refractivity contribution is -0.122. The van der Waals surface area contributed by atoms with Crippen LogP contribution in [-0.4, -0.2) is 47.5 Å². The lowest BCUT2D eigenvalue weighted by Crippen LogP contribution is -2.49. The van der Waals surface area contributed by atoms with Crippen LogP contribution in [0.1, 0.15) is 58.6 Å². The van der Waals surface area contributed by atoms with Crippen LogP contribution in [0.5, 0.6) is 0 Å². The summed E-state index contributed by atoms with van der Waals surface area (Å²) in [7, 11) is 0. The minimum absolute atomic E-state index is 0.00298. The van der Waals surface area contributed by atoms with E-state index in [9.17, 15) is 4.79 Å². The van der Waals surface area contributed by atoms with Crippen molar-refractivity contribution in [1.82, 2.24) is 9.27 Å². The van der Waals surface area contributed by atoms with Gasteiger partial charge in [0, 0.05) is 25.2 Å². The second-order valence-electron chi connectivity index (χ2n) is 8.38. The number of ether oxygens (including phenoxy) is 1. The Bertz CT molecular complexity index is 575. The summed E-state index contributed by atoms with van der Waals surface area (Å²) >= 11 is 1.39. The fourth-order valence-corrected chi connectivity index (χ4v) is 4.49. The SMILES string of the molecule is CC(C)(C)c1cc(NC(=O)C2CCCCN2CC2CCOCC2)sn1. The smallest absolute Gasteiger partial charge is 0.242 e. The number of nitrogens with zero attached hydrogens (tertiary/aromatic N) is 2. The summed E-state index contributed by atoms with van der Waals surface area (Å²) in [6.07, 6.45) is 5.53. The third kappa shape index (κ3) is 5.02. The van der Waals surface area contributed by atoms with Crippen LogP contribution in [0.4, 0.5) is 5.00 Å². The zero-order valence-corrected chi connectivity index (χ0v) is 16.5. The topological polar surface area (TPSA) is 54.5 Å². The first kappa shape index (κ1) is 18.8. The fraction of sp³-hybridized carbons (Fsp3) is 0.789. The van der Waals surface area contributed by atoms with Crippen molar-refractivity contribution in [2.75, 3.05) is 31.6 Å². The molecule has 1 amide bonds. The van der Waals surface area contributed by atoms with Gasteiger partial charge >= 0.3 is 0 Å². The number of nitrogens with one attached hydrogen (secondary N) is 1. The molecule has 1 unspecified atom stereocenters. The Morgan fingerprint density at radius 1 is 1.32 bits per heavy atom. The van der Waals surface area contributed by atoms with Crippen LogP contribution < -0.4 is 5.32 Å². The molecule has 6 heteroatoms. The van der Waals surface area contributed by atoms with Gasteiger partial charge in [0.25, 0.3) is 0 Å². The quantitative estimate of drug-likeness (QED) is 0.885. The van der Waals surface area contributed by atoms with Crippen LogP contribution in [0.2, 0.25) is 0 Å². The van der Waals surface area contributed by atoms with Gasteiger partial charge in [0.05, 0.1) is 11.7 Å². The van der Waals surface area contributed by atoms with Crippen molar-refractivity contribution in [3.8, 4) is 0 Å². The van der Waals surface area contributed by atoms with Crippen LogP contribution in [0.25, 0.3) is 0 Å². The number of likely N-dealkylation sites (tertiary alicyclic amines) is 1. The average Bonchev–Trinajstić information content (AvgIpc) is 3.05. The molecule has 0 saturated carbocycles. The van der Waals surface area contributed by atoms with Gasteiger partial charge in [-0.2, -0.15) is 4.37 Å². The van der Waals surface area contributed by atoms with Gasteiger partial charge in [-0.1, -0.05) is 27.2 Å². The molecule has 2 fully saturated rings. The van der Waals surface area contributed by atoms with E-state index in [1.54, 1.807) is 0 Å². The largest absolute Gasteiger partial charge is 0.381 e. The number of piperidine rings is 1. The predicted molar refractivity (Wildman–Crippen MR) is 102 cm³/mol. The van der Waals surface area contributed by atoms with E-state index in [2.05, 4.69) is 35.4 Å². The summed E-state index contributed by atoms with van der Waals surface area (Å²) in [4.78, 5) is 15.3. The summed E-state index contributed by atoms with van der Waals surface area (Å²) in [5.74, 6) is 0.800. The van der Waals surface area contributed by atoms with E-state index in [-0.39, 0.29) is 17.4 Å². The van der Waals surface area contributed by atoms with Gasteiger partial charge in [-0.3, -0.25) is 9.69 Å². The van der Waals surface area contributed by atoms with Crippen LogP contribution >= 0.6 is 11.5 Å². The van der Waals surface area contributed by atoms with Gasteiger partial charge < -0.3 is 10.1 Å². The van der Waals surface area contributed by atoms with Gasteiger partial charge in [0.2, 0.25) is 5.91 Å². The van der Waals surface area contributed by atoms with Crippen molar-refractivity contribution in [1.29, 1.82) is 0 Å². The number of carbonyl (C=O) groups is 1. The van der Waals surface area contributed by atoms with Gasteiger partial charge in [-0.25, -0.2) is 0 Å². The molecule has 2 aliphatic heterocycles. The number of aromatic nitrogens is 1. The maximum absolute atomic E-state index is 12.9. The van der Waals surface area contributed by atoms with Gasteiger partial charge in [0.15, 0.2) is 0 Å². The molecule has 1 aromatic rings. The van der Waals surface area contributed by atoms with Gasteiger partial charge in [-0.15, -0.1) is 0 Å². The van der Waals surface area contributed by atoms with E-state index >= 15 is 0 Å². The number of anilines is 1. The highest BCUT2D eigenvalue weighted by atomic mass is 32.1. The molecule has 1 aromatic heterocycles. The number of amides is 1. The molecule has 0 bridgehead atoms. The highest BCUT2D eigenvalue weighted by molar-refractivity contribution is 7.10. The summed E-state index contributed by atoms with van der Waals surface area (Å²) in [5, 5.41) is 3.99.